The number of aryl methyl sites for hydroxylation is 1. The summed E-state index contributed by atoms with van der Waals surface area (Å²) in [6.07, 6.45) is 8.43. The highest BCUT2D eigenvalue weighted by Crippen LogP contribution is 2.42. The lowest BCUT2D eigenvalue weighted by Crippen LogP contribution is -2.45. The fraction of sp³-hybridized carbons (Fsp3) is 0.556. The molecule has 2 amide bonds. The molecular weight excluding hydrogens is 638 g/mol. The number of fused-ring (bicyclic) bond motifs is 3. The first kappa shape index (κ1) is 35.2. The number of likely N-dealkylation sites (N-methyl/N-ethyl adjacent to an activating group) is 1. The van der Waals surface area contributed by atoms with Crippen LogP contribution in [0.3, 0.4) is 0 Å². The van der Waals surface area contributed by atoms with E-state index in [1.807, 2.05) is 44.2 Å². The van der Waals surface area contributed by atoms with E-state index in [1.165, 1.54) is 4.90 Å². The minimum Gasteiger partial charge on any atom is -0.487 e. The molecule has 47 heavy (non-hydrogen) atoms. The van der Waals surface area contributed by atoms with Crippen LogP contribution >= 0.6 is 11.6 Å². The van der Waals surface area contributed by atoms with Gasteiger partial charge in [-0.15, -0.1) is 0 Å². The molecule has 1 fully saturated rings. The van der Waals surface area contributed by atoms with Crippen LogP contribution in [0.25, 0.3) is 0 Å². The van der Waals surface area contributed by atoms with Crippen LogP contribution < -0.4 is 14.4 Å². The number of benzene rings is 2. The molecule has 1 aliphatic carbocycles. The van der Waals surface area contributed by atoms with Crippen LogP contribution in [0.15, 0.2) is 48.6 Å². The molecule has 3 aliphatic rings. The van der Waals surface area contributed by atoms with Gasteiger partial charge in [0.25, 0.3) is 5.91 Å². The number of carbonyl (C=O) groups is 2. The highest BCUT2D eigenvalue weighted by molar-refractivity contribution is 7.90. The Labute approximate surface area is 284 Å². The molecule has 0 saturated heterocycles. The smallest absolute Gasteiger partial charge is 0.264 e. The van der Waals surface area contributed by atoms with Gasteiger partial charge in [-0.1, -0.05) is 43.7 Å². The second kappa shape index (κ2) is 15.0. The van der Waals surface area contributed by atoms with E-state index in [4.69, 9.17) is 21.1 Å². The summed E-state index contributed by atoms with van der Waals surface area (Å²) >= 11 is 6.34. The van der Waals surface area contributed by atoms with E-state index in [0.29, 0.717) is 23.9 Å². The molecule has 0 aromatic heterocycles. The summed E-state index contributed by atoms with van der Waals surface area (Å²) in [6.45, 7) is 7.24. The first-order valence-electron chi connectivity index (χ1n) is 16.7. The summed E-state index contributed by atoms with van der Waals surface area (Å²) in [5.41, 5.74) is 3.24. The number of amides is 2. The van der Waals surface area contributed by atoms with Crippen LogP contribution in [-0.4, -0.2) is 70.3 Å². The normalized spacial score (nSPS) is 28.6. The van der Waals surface area contributed by atoms with Crippen LogP contribution in [0.2, 0.25) is 5.02 Å². The molecule has 2 heterocycles. The molecule has 2 aromatic carbocycles. The van der Waals surface area contributed by atoms with Crippen molar-refractivity contribution >= 4 is 39.1 Å². The van der Waals surface area contributed by atoms with Crippen molar-refractivity contribution in [3.63, 3.8) is 0 Å². The lowest BCUT2D eigenvalue weighted by Gasteiger charge is -2.44. The van der Waals surface area contributed by atoms with Crippen molar-refractivity contribution in [1.29, 1.82) is 0 Å². The lowest BCUT2D eigenvalue weighted by atomic mass is 9.70. The average molecular weight is 686 g/mol. The summed E-state index contributed by atoms with van der Waals surface area (Å²) in [7, 11) is -0.562. The number of hydrogen-bond donors (Lipinski definition) is 1. The van der Waals surface area contributed by atoms with Crippen LogP contribution in [0.4, 0.5) is 5.69 Å². The molecule has 11 heteroatoms. The number of carbonyl (C=O) groups excluding carboxylic acids is 2. The molecule has 0 spiro atoms. The second-order valence-corrected chi connectivity index (χ2v) is 16.1. The van der Waals surface area contributed by atoms with E-state index in [-0.39, 0.29) is 47.9 Å². The molecule has 2 bridgehead atoms. The maximum atomic E-state index is 13.5. The molecule has 6 atom stereocenters. The topological polar surface area (TPSA) is 105 Å². The average Bonchev–Trinajstić information content (AvgIpc) is 3.05. The summed E-state index contributed by atoms with van der Waals surface area (Å²) in [5.74, 6) is -0.0807. The predicted octanol–water partition coefficient (Wildman–Crippen LogP) is 5.85. The molecule has 9 nitrogen and oxygen atoms in total. The first-order chi connectivity index (χ1) is 22.3. The van der Waals surface area contributed by atoms with Gasteiger partial charge in [-0.3, -0.25) is 9.59 Å². The summed E-state index contributed by atoms with van der Waals surface area (Å²) < 4.78 is 42.0. The number of hydrogen-bond acceptors (Lipinski definition) is 7. The Balaban J connectivity index is 1.54. The molecular formula is C36H48ClN3O6S. The minimum absolute atomic E-state index is 0.0275. The van der Waals surface area contributed by atoms with Crippen molar-refractivity contribution in [2.75, 3.05) is 38.7 Å². The predicted molar refractivity (Wildman–Crippen MR) is 185 cm³/mol. The zero-order valence-electron chi connectivity index (χ0n) is 28.1. The van der Waals surface area contributed by atoms with Crippen LogP contribution in [0.5, 0.6) is 5.75 Å². The van der Waals surface area contributed by atoms with Gasteiger partial charge in [0.2, 0.25) is 15.9 Å². The van der Waals surface area contributed by atoms with Crippen molar-refractivity contribution in [3.8, 4) is 5.75 Å². The lowest BCUT2D eigenvalue weighted by molar-refractivity contribution is -0.137. The van der Waals surface area contributed by atoms with Crippen molar-refractivity contribution in [3.05, 3.63) is 70.3 Å². The highest BCUT2D eigenvalue weighted by atomic mass is 35.5. The third-order valence-corrected chi connectivity index (χ3v) is 12.5. The van der Waals surface area contributed by atoms with Gasteiger partial charge >= 0.3 is 0 Å². The standard InChI is InChI=1S/C36H48ClN3O6S/c1-23-9-15-33(46-22-35(41)39(4)5)31-14-11-28(31)20-40-17-7-6-8-26-18-30(37)13-10-29(26)21-45-34-16-12-27(19-32(34)40)36(42)38-47(43,44)25(3)24(23)2/h9-10,12-13,15-16,18-19,23-25,28,31,33H,6-8,11,14,17,20-22H2,1-5H3,(H,38,42)/b15-9+. The summed E-state index contributed by atoms with van der Waals surface area (Å²) in [6, 6.07) is 11.0. The molecule has 2 aromatic rings. The zero-order valence-corrected chi connectivity index (χ0v) is 29.6. The molecule has 1 saturated carbocycles. The molecule has 5 rings (SSSR count). The fourth-order valence-corrected chi connectivity index (χ4v) is 8.26. The highest BCUT2D eigenvalue weighted by Gasteiger charge is 2.39. The molecule has 6 unspecified atom stereocenters. The third-order valence-electron chi connectivity index (χ3n) is 10.4. The molecule has 2 aliphatic heterocycles. The van der Waals surface area contributed by atoms with E-state index in [0.717, 1.165) is 55.5 Å². The monoisotopic (exact) mass is 685 g/mol. The van der Waals surface area contributed by atoms with Crippen LogP contribution in [-0.2, 0) is 32.6 Å². The van der Waals surface area contributed by atoms with Crippen molar-refractivity contribution in [1.82, 2.24) is 9.62 Å². The molecule has 256 valence electrons. The Hall–Kier alpha value is -3.08. The third kappa shape index (κ3) is 8.32. The number of halogens is 1. The van der Waals surface area contributed by atoms with Crippen LogP contribution in [0.1, 0.15) is 67.9 Å². The largest absolute Gasteiger partial charge is 0.487 e. The SMILES string of the molecule is CC1/C=C/C(OCC(=O)N(C)C)C2CCC2CN2CCCCc3cc(Cl)ccc3COc3ccc(cc32)C(=O)NS(=O)(=O)C(C)C1C. The van der Waals surface area contributed by atoms with E-state index in [2.05, 4.69) is 9.62 Å². The summed E-state index contributed by atoms with van der Waals surface area (Å²) in [5, 5.41) is -0.138. The van der Waals surface area contributed by atoms with Crippen LogP contribution in [0, 0.1) is 23.7 Å². The van der Waals surface area contributed by atoms with Gasteiger partial charge < -0.3 is 19.3 Å². The van der Waals surface area contributed by atoms with Gasteiger partial charge in [-0.25, -0.2) is 13.1 Å². The fourth-order valence-electron chi connectivity index (χ4n) is 6.69. The van der Waals surface area contributed by atoms with Crippen molar-refractivity contribution in [2.45, 2.75) is 70.8 Å². The summed E-state index contributed by atoms with van der Waals surface area (Å²) in [4.78, 5) is 29.8. The van der Waals surface area contributed by atoms with Gasteiger partial charge in [0.05, 0.1) is 17.0 Å². The van der Waals surface area contributed by atoms with Crippen molar-refractivity contribution < 1.29 is 27.5 Å². The van der Waals surface area contributed by atoms with Gasteiger partial charge in [0.15, 0.2) is 0 Å². The number of ether oxygens (including phenoxy) is 2. The second-order valence-electron chi connectivity index (χ2n) is 13.6. The minimum atomic E-state index is -3.99. The number of anilines is 1. The molecule has 0 radical (unpaired) electrons. The van der Waals surface area contributed by atoms with E-state index >= 15 is 0 Å². The number of nitrogens with zero attached hydrogens (tertiary/aromatic N) is 2. The van der Waals surface area contributed by atoms with E-state index < -0.39 is 21.2 Å². The Morgan fingerprint density at radius 1 is 1.06 bits per heavy atom. The number of rotatable bonds is 3. The maximum Gasteiger partial charge on any atom is 0.264 e. The number of sulfonamides is 1. The quantitative estimate of drug-likeness (QED) is 0.404. The zero-order chi connectivity index (χ0) is 33.9. The number of nitrogens with one attached hydrogen (secondary N) is 1. The van der Waals surface area contributed by atoms with Gasteiger partial charge in [0, 0.05) is 37.8 Å². The van der Waals surface area contributed by atoms with Gasteiger partial charge in [-0.2, -0.15) is 0 Å². The Morgan fingerprint density at radius 2 is 1.85 bits per heavy atom. The molecule has 1 N–H and O–H groups in total. The van der Waals surface area contributed by atoms with Gasteiger partial charge in [0.1, 0.15) is 19.0 Å². The first-order valence-corrected chi connectivity index (χ1v) is 18.6. The van der Waals surface area contributed by atoms with Crippen molar-refractivity contribution in [2.24, 2.45) is 23.7 Å². The Morgan fingerprint density at radius 3 is 2.57 bits per heavy atom. The van der Waals surface area contributed by atoms with E-state index in [1.54, 1.807) is 39.2 Å². The Bertz CT molecular complexity index is 1590. The Kier molecular flexibility index (Phi) is 11.2. The van der Waals surface area contributed by atoms with E-state index in [9.17, 15) is 18.0 Å². The number of allylic oxidation sites excluding steroid dienone is 1. The van der Waals surface area contributed by atoms with Gasteiger partial charge in [-0.05, 0) is 104 Å². The maximum absolute atomic E-state index is 13.5.